The van der Waals surface area contributed by atoms with Gasteiger partial charge in [0.25, 0.3) is 0 Å². The van der Waals surface area contributed by atoms with E-state index in [9.17, 15) is 0 Å². The summed E-state index contributed by atoms with van der Waals surface area (Å²) in [6.07, 6.45) is 0. The number of hydrogen-bond donors (Lipinski definition) is 0. The van der Waals surface area contributed by atoms with Gasteiger partial charge in [-0.15, -0.1) is 0 Å². The van der Waals surface area contributed by atoms with Gasteiger partial charge >= 0.3 is 144 Å². The van der Waals surface area contributed by atoms with Crippen molar-refractivity contribution in [3.8, 4) is 0 Å². The first-order chi connectivity index (χ1) is 9.21. The Labute approximate surface area is 144 Å². The number of ether oxygens (including phenoxy) is 2. The molecule has 21 heavy (non-hydrogen) atoms. The summed E-state index contributed by atoms with van der Waals surface area (Å²) >= 11 is 13.2. The molecule has 5 heteroatoms. The van der Waals surface area contributed by atoms with E-state index in [1.54, 1.807) is 0 Å². The summed E-state index contributed by atoms with van der Waals surface area (Å²) in [6, 6.07) is 0. The fraction of sp³-hybridized carbons (Fsp3) is 0.750. The van der Waals surface area contributed by atoms with Crippen molar-refractivity contribution in [2.75, 3.05) is 0 Å². The first-order valence-electron chi connectivity index (χ1n) is 7.10. The second-order valence-corrected chi connectivity index (χ2v) is 10.5. The van der Waals surface area contributed by atoms with Crippen LogP contribution in [0.25, 0.3) is 0 Å². The SMILES string of the molecule is CC1(C)OC(C)(C)C([Se]C2=C(Cl)C(C)(C)OC2(C)C)=C1Cl. The predicted molar refractivity (Wildman–Crippen MR) is 90.0 cm³/mol. The van der Waals surface area contributed by atoms with Crippen molar-refractivity contribution in [2.45, 2.75) is 77.8 Å². The van der Waals surface area contributed by atoms with Crippen molar-refractivity contribution in [1.29, 1.82) is 0 Å². The van der Waals surface area contributed by atoms with Gasteiger partial charge in [-0.1, -0.05) is 0 Å². The molecule has 0 spiro atoms. The van der Waals surface area contributed by atoms with E-state index in [0.717, 1.165) is 19.0 Å². The van der Waals surface area contributed by atoms with Crippen LogP contribution in [-0.2, 0) is 9.47 Å². The Bertz CT molecular complexity index is 494. The summed E-state index contributed by atoms with van der Waals surface area (Å²) in [5, 5.41) is 1.62. The molecule has 0 bridgehead atoms. The zero-order valence-corrected chi connectivity index (χ0v) is 17.2. The standard InChI is InChI=1S/C16H24Cl2O2Se/c1-13(2)9(17)11(15(5,6)19-13)21-12-10(18)14(3,4)20-16(12,7)8/h1-8H3. The zero-order valence-electron chi connectivity index (χ0n) is 14.0. The molecule has 0 fully saturated rings. The summed E-state index contributed by atoms with van der Waals surface area (Å²) in [7, 11) is 0. The third-order valence-corrected chi connectivity index (χ3v) is 9.35. The second-order valence-electron chi connectivity index (χ2n) is 7.63. The van der Waals surface area contributed by atoms with Crippen LogP contribution in [0.1, 0.15) is 55.4 Å². The van der Waals surface area contributed by atoms with Crippen LogP contribution in [0.15, 0.2) is 19.0 Å². The van der Waals surface area contributed by atoms with Crippen LogP contribution < -0.4 is 0 Å². The fourth-order valence-corrected chi connectivity index (χ4v) is 6.95. The molecule has 0 aromatic carbocycles. The normalized spacial score (nSPS) is 29.4. The molecule has 0 aromatic rings. The third-order valence-electron chi connectivity index (χ3n) is 3.77. The first kappa shape index (κ1) is 17.8. The molecule has 2 nitrogen and oxygen atoms in total. The van der Waals surface area contributed by atoms with E-state index < -0.39 is 11.2 Å². The minimum absolute atomic E-state index is 0.00269. The van der Waals surface area contributed by atoms with E-state index in [0.29, 0.717) is 0 Å². The predicted octanol–water partition coefficient (Wildman–Crippen LogP) is 4.77. The number of hydrogen-bond acceptors (Lipinski definition) is 2. The van der Waals surface area contributed by atoms with E-state index in [1.165, 1.54) is 0 Å². The van der Waals surface area contributed by atoms with Crippen LogP contribution in [0.2, 0.25) is 0 Å². The van der Waals surface area contributed by atoms with Crippen LogP contribution in [-0.4, -0.2) is 37.4 Å². The summed E-state index contributed by atoms with van der Waals surface area (Å²) in [5.41, 5.74) is -1.61. The van der Waals surface area contributed by atoms with Crippen LogP contribution in [0, 0.1) is 0 Å². The third kappa shape index (κ3) is 2.98. The summed E-state index contributed by atoms with van der Waals surface area (Å²) in [6.45, 7) is 16.3. The summed E-state index contributed by atoms with van der Waals surface area (Å²) in [5.74, 6) is 0. The van der Waals surface area contributed by atoms with E-state index in [2.05, 4.69) is 27.7 Å². The Kier molecular flexibility index (Phi) is 4.25. The molecule has 0 amide bonds. The Morgan fingerprint density at radius 3 is 1.10 bits per heavy atom. The van der Waals surface area contributed by atoms with Crippen molar-refractivity contribution in [1.82, 2.24) is 0 Å². The second kappa shape index (κ2) is 5.00. The molecule has 0 aromatic heterocycles. The van der Waals surface area contributed by atoms with Gasteiger partial charge in [0.05, 0.1) is 0 Å². The van der Waals surface area contributed by atoms with Gasteiger partial charge in [-0.2, -0.15) is 0 Å². The maximum atomic E-state index is 6.61. The van der Waals surface area contributed by atoms with Crippen LogP contribution in [0.5, 0.6) is 0 Å². The van der Waals surface area contributed by atoms with Crippen molar-refractivity contribution in [3.63, 3.8) is 0 Å². The van der Waals surface area contributed by atoms with Crippen LogP contribution in [0.4, 0.5) is 0 Å². The van der Waals surface area contributed by atoms with Gasteiger partial charge in [0.1, 0.15) is 0 Å². The summed E-state index contributed by atoms with van der Waals surface area (Å²) in [4.78, 5) is 0. The van der Waals surface area contributed by atoms with Crippen LogP contribution in [0.3, 0.4) is 0 Å². The van der Waals surface area contributed by atoms with E-state index >= 15 is 0 Å². The van der Waals surface area contributed by atoms with Gasteiger partial charge in [-0.25, -0.2) is 0 Å². The molecule has 0 radical (unpaired) electrons. The van der Waals surface area contributed by atoms with Crippen molar-refractivity contribution >= 4 is 38.2 Å². The first-order valence-corrected chi connectivity index (χ1v) is 9.57. The molecule has 2 aliphatic heterocycles. The average molecular weight is 398 g/mol. The summed E-state index contributed by atoms with van der Waals surface area (Å²) < 4.78 is 14.6. The average Bonchev–Trinajstić information content (AvgIpc) is 2.48. The monoisotopic (exact) mass is 398 g/mol. The quantitative estimate of drug-likeness (QED) is 0.625. The van der Waals surface area contributed by atoms with Gasteiger partial charge in [0.15, 0.2) is 0 Å². The molecule has 0 unspecified atom stereocenters. The Balaban J connectivity index is 2.47. The number of rotatable bonds is 2. The maximum absolute atomic E-state index is 6.61. The molecular formula is C16H24Cl2O2Se. The minimum atomic E-state index is -0.436. The topological polar surface area (TPSA) is 18.5 Å². The molecule has 2 heterocycles. The van der Waals surface area contributed by atoms with Gasteiger partial charge in [0, 0.05) is 0 Å². The molecule has 2 aliphatic rings. The zero-order chi connectivity index (χ0) is 16.4. The molecule has 120 valence electrons. The molecule has 0 N–H and O–H groups in total. The number of halogens is 2. The molecule has 0 saturated carbocycles. The van der Waals surface area contributed by atoms with Gasteiger partial charge in [0.2, 0.25) is 0 Å². The van der Waals surface area contributed by atoms with E-state index in [1.807, 2.05) is 27.7 Å². The van der Waals surface area contributed by atoms with Crippen molar-refractivity contribution in [3.05, 3.63) is 19.0 Å². The van der Waals surface area contributed by atoms with E-state index in [4.69, 9.17) is 32.7 Å². The molecule has 0 aliphatic carbocycles. The molecule has 2 rings (SSSR count). The fourth-order valence-electron chi connectivity index (χ4n) is 2.97. The molecular weight excluding hydrogens is 374 g/mol. The van der Waals surface area contributed by atoms with Gasteiger partial charge in [-0.3, -0.25) is 0 Å². The molecule has 0 atom stereocenters. The van der Waals surface area contributed by atoms with Crippen molar-refractivity contribution < 1.29 is 9.47 Å². The van der Waals surface area contributed by atoms with Gasteiger partial charge < -0.3 is 0 Å². The van der Waals surface area contributed by atoms with Gasteiger partial charge in [-0.05, 0) is 0 Å². The Hall–Kier alpha value is 0.499. The van der Waals surface area contributed by atoms with Crippen LogP contribution >= 0.6 is 23.2 Å². The Morgan fingerprint density at radius 2 is 0.905 bits per heavy atom. The molecule has 0 saturated heterocycles. The van der Waals surface area contributed by atoms with Crippen molar-refractivity contribution in [2.24, 2.45) is 0 Å². The van der Waals surface area contributed by atoms with E-state index in [-0.39, 0.29) is 26.2 Å². The Morgan fingerprint density at radius 1 is 0.619 bits per heavy atom.